The number of nitrogens with one attached hydrogen (secondary N) is 3. The Kier molecular flexibility index (Phi) is 7.60. The third-order valence-corrected chi connectivity index (χ3v) is 2.61. The molecule has 1 rings (SSSR count). The smallest absolute Gasteiger partial charge is 0.319 e. The molecular formula is C15H21N3O3. The molecule has 0 radical (unpaired) electrons. The van der Waals surface area contributed by atoms with Gasteiger partial charge in [0.2, 0.25) is 5.91 Å². The van der Waals surface area contributed by atoms with E-state index in [-0.39, 0.29) is 11.9 Å². The van der Waals surface area contributed by atoms with Crippen molar-refractivity contribution in [3.8, 4) is 0 Å². The maximum absolute atomic E-state index is 11.6. The molecule has 0 unspecified atom stereocenters. The van der Waals surface area contributed by atoms with Gasteiger partial charge in [-0.2, -0.15) is 0 Å². The van der Waals surface area contributed by atoms with Gasteiger partial charge in [-0.15, -0.1) is 6.58 Å². The molecule has 0 aliphatic carbocycles. The molecule has 0 heterocycles. The SMILES string of the molecule is C=CCNC(=O)Nc1ccc(CC(=O)NCCOC)cc1. The standard InChI is InChI=1S/C15H21N3O3/c1-3-8-17-15(20)18-13-6-4-12(5-7-13)11-14(19)16-9-10-21-2/h3-7H,1,8-11H2,2H3,(H,16,19)(H2,17,18,20). The Labute approximate surface area is 124 Å². The number of ether oxygens (including phenoxy) is 1. The number of benzene rings is 1. The number of rotatable bonds is 8. The van der Waals surface area contributed by atoms with Gasteiger partial charge in [0.25, 0.3) is 0 Å². The number of carbonyl (C=O) groups excluding carboxylic acids is 2. The summed E-state index contributed by atoms with van der Waals surface area (Å²) >= 11 is 0. The van der Waals surface area contributed by atoms with Crippen molar-refractivity contribution in [3.63, 3.8) is 0 Å². The van der Waals surface area contributed by atoms with Crippen molar-refractivity contribution < 1.29 is 14.3 Å². The summed E-state index contributed by atoms with van der Waals surface area (Å²) in [5, 5.41) is 8.05. The maximum atomic E-state index is 11.6. The van der Waals surface area contributed by atoms with Gasteiger partial charge in [0, 0.05) is 25.9 Å². The lowest BCUT2D eigenvalue weighted by molar-refractivity contribution is -0.120. The van der Waals surface area contributed by atoms with Gasteiger partial charge in [-0.05, 0) is 17.7 Å². The van der Waals surface area contributed by atoms with Crippen molar-refractivity contribution in [2.45, 2.75) is 6.42 Å². The van der Waals surface area contributed by atoms with Crippen LogP contribution in [0.3, 0.4) is 0 Å². The van der Waals surface area contributed by atoms with Gasteiger partial charge in [0.15, 0.2) is 0 Å². The van der Waals surface area contributed by atoms with Crippen LogP contribution in [0, 0.1) is 0 Å². The molecule has 0 atom stereocenters. The lowest BCUT2D eigenvalue weighted by Gasteiger charge is -2.07. The Bertz CT molecular complexity index is 472. The summed E-state index contributed by atoms with van der Waals surface area (Å²) in [7, 11) is 1.59. The fourth-order valence-corrected chi connectivity index (χ4v) is 1.59. The Morgan fingerprint density at radius 3 is 2.57 bits per heavy atom. The first-order valence-electron chi connectivity index (χ1n) is 6.66. The van der Waals surface area contributed by atoms with Gasteiger partial charge in [-0.3, -0.25) is 4.79 Å². The molecule has 114 valence electrons. The molecule has 3 N–H and O–H groups in total. The molecule has 0 aromatic heterocycles. The summed E-state index contributed by atoms with van der Waals surface area (Å²) < 4.78 is 4.86. The third kappa shape index (κ3) is 7.12. The Hall–Kier alpha value is -2.34. The Morgan fingerprint density at radius 2 is 1.95 bits per heavy atom. The second-order valence-electron chi connectivity index (χ2n) is 4.34. The highest BCUT2D eigenvalue weighted by Crippen LogP contribution is 2.09. The van der Waals surface area contributed by atoms with Crippen LogP contribution in [-0.4, -0.2) is 38.7 Å². The Balaban J connectivity index is 2.41. The van der Waals surface area contributed by atoms with Gasteiger partial charge >= 0.3 is 6.03 Å². The minimum absolute atomic E-state index is 0.0588. The molecule has 6 heteroatoms. The Morgan fingerprint density at radius 1 is 1.24 bits per heavy atom. The molecule has 0 spiro atoms. The summed E-state index contributed by atoms with van der Waals surface area (Å²) in [5.41, 5.74) is 1.54. The summed E-state index contributed by atoms with van der Waals surface area (Å²) in [6, 6.07) is 6.83. The molecule has 0 aliphatic rings. The van der Waals surface area contributed by atoms with Crippen LogP contribution in [0.1, 0.15) is 5.56 Å². The van der Waals surface area contributed by atoms with Crippen molar-refractivity contribution in [2.24, 2.45) is 0 Å². The van der Waals surface area contributed by atoms with Crippen LogP contribution in [0.2, 0.25) is 0 Å². The molecule has 0 saturated carbocycles. The van der Waals surface area contributed by atoms with Gasteiger partial charge in [-0.1, -0.05) is 18.2 Å². The van der Waals surface area contributed by atoms with E-state index in [2.05, 4.69) is 22.5 Å². The second kappa shape index (κ2) is 9.55. The van der Waals surface area contributed by atoms with E-state index >= 15 is 0 Å². The number of amides is 3. The zero-order chi connectivity index (χ0) is 15.5. The summed E-state index contributed by atoms with van der Waals surface area (Å²) in [4.78, 5) is 23.0. The molecule has 0 fully saturated rings. The maximum Gasteiger partial charge on any atom is 0.319 e. The molecule has 0 aliphatic heterocycles. The fraction of sp³-hybridized carbons (Fsp3) is 0.333. The molecule has 6 nitrogen and oxygen atoms in total. The van der Waals surface area contributed by atoms with Crippen molar-refractivity contribution in [1.82, 2.24) is 10.6 Å². The van der Waals surface area contributed by atoms with Crippen LogP contribution in [0.5, 0.6) is 0 Å². The lowest BCUT2D eigenvalue weighted by atomic mass is 10.1. The number of hydrogen-bond acceptors (Lipinski definition) is 3. The zero-order valence-electron chi connectivity index (χ0n) is 12.1. The fourth-order valence-electron chi connectivity index (χ4n) is 1.59. The molecule has 21 heavy (non-hydrogen) atoms. The van der Waals surface area contributed by atoms with Crippen LogP contribution in [0.4, 0.5) is 10.5 Å². The van der Waals surface area contributed by atoms with Crippen LogP contribution in [0.25, 0.3) is 0 Å². The summed E-state index contributed by atoms with van der Waals surface area (Å²) in [5.74, 6) is -0.0588. The average Bonchev–Trinajstić information content (AvgIpc) is 2.47. The van der Waals surface area contributed by atoms with Crippen molar-refractivity contribution in [3.05, 3.63) is 42.5 Å². The minimum atomic E-state index is -0.292. The number of methoxy groups -OCH3 is 1. The number of carbonyl (C=O) groups is 2. The van der Waals surface area contributed by atoms with Crippen molar-refractivity contribution in [1.29, 1.82) is 0 Å². The number of urea groups is 1. The van der Waals surface area contributed by atoms with Gasteiger partial charge < -0.3 is 20.7 Å². The van der Waals surface area contributed by atoms with E-state index in [0.29, 0.717) is 31.8 Å². The van der Waals surface area contributed by atoms with E-state index in [9.17, 15) is 9.59 Å². The van der Waals surface area contributed by atoms with E-state index < -0.39 is 0 Å². The van der Waals surface area contributed by atoms with Crippen molar-refractivity contribution in [2.75, 3.05) is 32.1 Å². The summed E-state index contributed by atoms with van der Waals surface area (Å²) in [6.07, 6.45) is 1.90. The van der Waals surface area contributed by atoms with Gasteiger partial charge in [-0.25, -0.2) is 4.79 Å². The van der Waals surface area contributed by atoms with Gasteiger partial charge in [0.1, 0.15) is 0 Å². The third-order valence-electron chi connectivity index (χ3n) is 2.61. The first-order chi connectivity index (χ1) is 10.2. The largest absolute Gasteiger partial charge is 0.383 e. The number of hydrogen-bond donors (Lipinski definition) is 3. The van der Waals surface area contributed by atoms with E-state index in [1.54, 1.807) is 37.5 Å². The predicted octanol–water partition coefficient (Wildman–Crippen LogP) is 1.30. The molecule has 1 aromatic rings. The monoisotopic (exact) mass is 291 g/mol. The first kappa shape index (κ1) is 16.7. The van der Waals surface area contributed by atoms with Crippen molar-refractivity contribution >= 4 is 17.6 Å². The summed E-state index contributed by atoms with van der Waals surface area (Å²) in [6.45, 7) is 4.92. The minimum Gasteiger partial charge on any atom is -0.383 e. The molecule has 0 bridgehead atoms. The molecular weight excluding hydrogens is 270 g/mol. The first-order valence-corrected chi connectivity index (χ1v) is 6.66. The molecule has 3 amide bonds. The highest BCUT2D eigenvalue weighted by molar-refractivity contribution is 5.89. The highest BCUT2D eigenvalue weighted by Gasteiger charge is 2.04. The number of anilines is 1. The van der Waals surface area contributed by atoms with E-state index in [0.717, 1.165) is 5.56 Å². The van der Waals surface area contributed by atoms with E-state index in [1.165, 1.54) is 0 Å². The van der Waals surface area contributed by atoms with E-state index in [4.69, 9.17) is 4.74 Å². The van der Waals surface area contributed by atoms with Crippen LogP contribution < -0.4 is 16.0 Å². The normalized spacial score (nSPS) is 9.76. The highest BCUT2D eigenvalue weighted by atomic mass is 16.5. The van der Waals surface area contributed by atoms with E-state index in [1.807, 2.05) is 0 Å². The zero-order valence-corrected chi connectivity index (χ0v) is 12.1. The topological polar surface area (TPSA) is 79.5 Å². The van der Waals surface area contributed by atoms with Crippen LogP contribution in [0.15, 0.2) is 36.9 Å². The van der Waals surface area contributed by atoms with Crippen LogP contribution in [-0.2, 0) is 16.0 Å². The quantitative estimate of drug-likeness (QED) is 0.499. The molecule has 1 aromatic carbocycles. The molecule has 0 saturated heterocycles. The average molecular weight is 291 g/mol. The predicted molar refractivity (Wildman–Crippen MR) is 82.3 cm³/mol. The lowest BCUT2D eigenvalue weighted by Crippen LogP contribution is -2.29. The van der Waals surface area contributed by atoms with Crippen LogP contribution >= 0.6 is 0 Å². The second-order valence-corrected chi connectivity index (χ2v) is 4.34. The van der Waals surface area contributed by atoms with Gasteiger partial charge in [0.05, 0.1) is 13.0 Å².